The number of hydrogen-bond donors (Lipinski definition) is 0. The number of hydrogen-bond acceptors (Lipinski definition) is 3. The first kappa shape index (κ1) is 14.1. The standard InChI is InChI=1S/C13H12BrClN2O2/c1-2-17(8-10-4-3-5-19-10)13(18)11-6-9(14)7-16-12(11)15/h3-7H,2,8H2,1H3. The van der Waals surface area contributed by atoms with Crippen molar-refractivity contribution in [2.45, 2.75) is 13.5 Å². The molecule has 0 unspecified atom stereocenters. The van der Waals surface area contributed by atoms with Gasteiger partial charge in [0.2, 0.25) is 0 Å². The zero-order valence-corrected chi connectivity index (χ0v) is 12.6. The quantitative estimate of drug-likeness (QED) is 0.794. The molecule has 2 heterocycles. The third-order valence-corrected chi connectivity index (χ3v) is 3.37. The highest BCUT2D eigenvalue weighted by Gasteiger charge is 2.19. The van der Waals surface area contributed by atoms with Gasteiger partial charge in [-0.15, -0.1) is 0 Å². The molecule has 0 fully saturated rings. The molecule has 0 aliphatic rings. The highest BCUT2D eigenvalue weighted by atomic mass is 79.9. The summed E-state index contributed by atoms with van der Waals surface area (Å²) in [5.74, 6) is 0.562. The van der Waals surface area contributed by atoms with Crippen LogP contribution in [-0.2, 0) is 6.54 Å². The molecule has 0 atom stereocenters. The first-order valence-corrected chi connectivity index (χ1v) is 6.91. The van der Waals surface area contributed by atoms with E-state index >= 15 is 0 Å². The van der Waals surface area contributed by atoms with Crippen LogP contribution in [0.2, 0.25) is 5.15 Å². The van der Waals surface area contributed by atoms with E-state index in [-0.39, 0.29) is 11.1 Å². The normalized spacial score (nSPS) is 10.5. The molecule has 0 radical (unpaired) electrons. The fourth-order valence-corrected chi connectivity index (χ4v) is 2.18. The van der Waals surface area contributed by atoms with Gasteiger partial charge in [-0.05, 0) is 41.1 Å². The lowest BCUT2D eigenvalue weighted by atomic mass is 10.2. The van der Waals surface area contributed by atoms with E-state index in [9.17, 15) is 4.79 Å². The number of nitrogens with zero attached hydrogens (tertiary/aromatic N) is 2. The molecular weight excluding hydrogens is 332 g/mol. The average Bonchev–Trinajstić information content (AvgIpc) is 2.91. The summed E-state index contributed by atoms with van der Waals surface area (Å²) in [6.45, 7) is 2.87. The topological polar surface area (TPSA) is 46.3 Å². The van der Waals surface area contributed by atoms with E-state index in [4.69, 9.17) is 16.0 Å². The van der Waals surface area contributed by atoms with Crippen LogP contribution in [0.1, 0.15) is 23.0 Å². The molecule has 2 rings (SSSR count). The second-order valence-electron chi connectivity index (χ2n) is 3.89. The second-order valence-corrected chi connectivity index (χ2v) is 5.16. The minimum Gasteiger partial charge on any atom is -0.467 e. The molecule has 2 aromatic rings. The van der Waals surface area contributed by atoms with Crippen LogP contribution in [-0.4, -0.2) is 22.3 Å². The number of aromatic nitrogens is 1. The van der Waals surface area contributed by atoms with Crippen LogP contribution in [0, 0.1) is 0 Å². The fraction of sp³-hybridized carbons (Fsp3) is 0.231. The Bertz CT molecular complexity index is 572. The third-order valence-electron chi connectivity index (χ3n) is 2.63. The number of carbonyl (C=O) groups excluding carboxylic acids is 1. The molecular formula is C13H12BrClN2O2. The van der Waals surface area contributed by atoms with Gasteiger partial charge in [-0.2, -0.15) is 0 Å². The number of halogens is 2. The Morgan fingerprint density at radius 2 is 2.37 bits per heavy atom. The molecule has 4 nitrogen and oxygen atoms in total. The monoisotopic (exact) mass is 342 g/mol. The molecule has 0 saturated carbocycles. The first-order chi connectivity index (χ1) is 9.11. The first-order valence-electron chi connectivity index (χ1n) is 5.74. The Hall–Kier alpha value is -1.33. The van der Waals surface area contributed by atoms with Crippen LogP contribution in [0.4, 0.5) is 0 Å². The number of furan rings is 1. The van der Waals surface area contributed by atoms with Gasteiger partial charge in [0.25, 0.3) is 5.91 Å². The van der Waals surface area contributed by atoms with Crippen molar-refractivity contribution >= 4 is 33.4 Å². The Balaban J connectivity index is 2.23. The van der Waals surface area contributed by atoms with Gasteiger partial charge in [-0.25, -0.2) is 4.98 Å². The van der Waals surface area contributed by atoms with Gasteiger partial charge in [0.1, 0.15) is 10.9 Å². The molecule has 100 valence electrons. The van der Waals surface area contributed by atoms with Gasteiger partial charge in [0.05, 0.1) is 18.4 Å². The number of rotatable bonds is 4. The molecule has 2 aromatic heterocycles. The van der Waals surface area contributed by atoms with Crippen molar-refractivity contribution in [3.8, 4) is 0 Å². The Kier molecular flexibility index (Phi) is 4.61. The molecule has 0 saturated heterocycles. The second kappa shape index (κ2) is 6.21. The van der Waals surface area contributed by atoms with Crippen molar-refractivity contribution in [3.05, 3.63) is 51.6 Å². The summed E-state index contributed by atoms with van der Waals surface area (Å²) >= 11 is 9.26. The Morgan fingerprint density at radius 3 is 3.00 bits per heavy atom. The van der Waals surface area contributed by atoms with E-state index in [1.54, 1.807) is 29.5 Å². The molecule has 0 spiro atoms. The van der Waals surface area contributed by atoms with Gasteiger partial charge in [-0.1, -0.05) is 11.6 Å². The van der Waals surface area contributed by atoms with E-state index in [1.807, 2.05) is 13.0 Å². The number of amides is 1. The summed E-state index contributed by atoms with van der Waals surface area (Å²) in [6, 6.07) is 5.29. The lowest BCUT2D eigenvalue weighted by molar-refractivity contribution is 0.0741. The highest BCUT2D eigenvalue weighted by Crippen LogP contribution is 2.20. The van der Waals surface area contributed by atoms with Gasteiger partial charge >= 0.3 is 0 Å². The molecule has 6 heteroatoms. The molecule has 0 aliphatic carbocycles. The smallest absolute Gasteiger partial charge is 0.257 e. The summed E-state index contributed by atoms with van der Waals surface area (Å²) in [5, 5.41) is 0.200. The summed E-state index contributed by atoms with van der Waals surface area (Å²) < 4.78 is 5.97. The highest BCUT2D eigenvalue weighted by molar-refractivity contribution is 9.10. The molecule has 0 aliphatic heterocycles. The zero-order valence-electron chi connectivity index (χ0n) is 10.3. The summed E-state index contributed by atoms with van der Waals surface area (Å²) in [5.41, 5.74) is 0.379. The molecule has 19 heavy (non-hydrogen) atoms. The lowest BCUT2D eigenvalue weighted by Crippen LogP contribution is -2.30. The lowest BCUT2D eigenvalue weighted by Gasteiger charge is -2.20. The maximum Gasteiger partial charge on any atom is 0.257 e. The van der Waals surface area contributed by atoms with E-state index in [2.05, 4.69) is 20.9 Å². The zero-order chi connectivity index (χ0) is 13.8. The van der Waals surface area contributed by atoms with Crippen molar-refractivity contribution in [3.63, 3.8) is 0 Å². The van der Waals surface area contributed by atoms with Crippen molar-refractivity contribution in [2.24, 2.45) is 0 Å². The van der Waals surface area contributed by atoms with E-state index in [0.29, 0.717) is 23.1 Å². The largest absolute Gasteiger partial charge is 0.467 e. The molecule has 0 aromatic carbocycles. The minimum absolute atomic E-state index is 0.169. The van der Waals surface area contributed by atoms with Crippen LogP contribution < -0.4 is 0 Å². The van der Waals surface area contributed by atoms with Crippen molar-refractivity contribution < 1.29 is 9.21 Å². The van der Waals surface area contributed by atoms with E-state index in [1.165, 1.54) is 0 Å². The molecule has 1 amide bonds. The van der Waals surface area contributed by atoms with Crippen molar-refractivity contribution in [2.75, 3.05) is 6.54 Å². The Labute approximate surface area is 124 Å². The van der Waals surface area contributed by atoms with Gasteiger partial charge in [0, 0.05) is 17.2 Å². The maximum absolute atomic E-state index is 12.4. The van der Waals surface area contributed by atoms with Gasteiger partial charge < -0.3 is 9.32 Å². The predicted molar refractivity (Wildman–Crippen MR) is 76.1 cm³/mol. The van der Waals surface area contributed by atoms with Crippen LogP contribution >= 0.6 is 27.5 Å². The average molecular weight is 344 g/mol. The molecule has 0 bridgehead atoms. The summed E-state index contributed by atoms with van der Waals surface area (Å²) in [7, 11) is 0. The Morgan fingerprint density at radius 1 is 1.58 bits per heavy atom. The van der Waals surface area contributed by atoms with E-state index in [0.717, 1.165) is 5.76 Å². The predicted octanol–water partition coefficient (Wildman–Crippen LogP) is 3.75. The van der Waals surface area contributed by atoms with Crippen LogP contribution in [0.15, 0.2) is 39.5 Å². The summed E-state index contributed by atoms with van der Waals surface area (Å²) in [4.78, 5) is 18.0. The van der Waals surface area contributed by atoms with Crippen LogP contribution in [0.5, 0.6) is 0 Å². The molecule has 0 N–H and O–H groups in total. The minimum atomic E-state index is -0.169. The summed E-state index contributed by atoms with van der Waals surface area (Å²) in [6.07, 6.45) is 3.14. The van der Waals surface area contributed by atoms with Crippen molar-refractivity contribution in [1.29, 1.82) is 0 Å². The third kappa shape index (κ3) is 3.36. The van der Waals surface area contributed by atoms with Crippen molar-refractivity contribution in [1.82, 2.24) is 9.88 Å². The van der Waals surface area contributed by atoms with Gasteiger partial charge in [-0.3, -0.25) is 4.79 Å². The maximum atomic E-state index is 12.4. The number of carbonyl (C=O) groups is 1. The van der Waals surface area contributed by atoms with Gasteiger partial charge in [0.15, 0.2) is 0 Å². The van der Waals surface area contributed by atoms with Crippen LogP contribution in [0.25, 0.3) is 0 Å². The van der Waals surface area contributed by atoms with E-state index < -0.39 is 0 Å². The number of pyridine rings is 1. The van der Waals surface area contributed by atoms with Crippen LogP contribution in [0.3, 0.4) is 0 Å². The fourth-order valence-electron chi connectivity index (χ4n) is 1.66. The SMILES string of the molecule is CCN(Cc1ccco1)C(=O)c1cc(Br)cnc1Cl.